The van der Waals surface area contributed by atoms with Gasteiger partial charge in [0.2, 0.25) is 0 Å². The van der Waals surface area contributed by atoms with Gasteiger partial charge >= 0.3 is 6.03 Å². The summed E-state index contributed by atoms with van der Waals surface area (Å²) in [5.41, 5.74) is 5.28. The molecule has 1 unspecified atom stereocenters. The molecule has 2 N–H and O–H groups in total. The number of amides is 2. The lowest BCUT2D eigenvalue weighted by molar-refractivity contribution is 0.179. The number of fused-ring (bicyclic) bond motifs is 3. The van der Waals surface area contributed by atoms with E-state index in [0.717, 1.165) is 51.4 Å². The lowest BCUT2D eigenvalue weighted by Gasteiger charge is -2.36. The first-order valence-electron chi connectivity index (χ1n) is 11.6. The number of carbonyl (C=O) groups excluding carboxylic acids is 1. The van der Waals surface area contributed by atoms with Crippen LogP contribution in [0.1, 0.15) is 28.4 Å². The maximum absolute atomic E-state index is 13.5. The third-order valence-corrected chi connectivity index (χ3v) is 6.60. The molecule has 180 valence electrons. The predicted octanol–water partition coefficient (Wildman–Crippen LogP) is 5.05. The van der Waals surface area contributed by atoms with Crippen LogP contribution >= 0.6 is 0 Å². The van der Waals surface area contributed by atoms with Gasteiger partial charge in [-0.3, -0.25) is 0 Å². The van der Waals surface area contributed by atoms with Gasteiger partial charge < -0.3 is 29.4 Å². The number of benzene rings is 3. The average Bonchev–Trinajstić information content (AvgIpc) is 3.29. The molecule has 0 aliphatic carbocycles. The molecular weight excluding hydrogens is 442 g/mol. The number of H-pyrrole nitrogens is 1. The van der Waals surface area contributed by atoms with Crippen molar-refractivity contribution in [1.82, 2.24) is 15.2 Å². The van der Waals surface area contributed by atoms with Gasteiger partial charge in [-0.2, -0.15) is 0 Å². The van der Waals surface area contributed by atoms with Crippen LogP contribution in [0.25, 0.3) is 10.9 Å². The fourth-order valence-electron chi connectivity index (χ4n) is 4.81. The Morgan fingerprint density at radius 2 is 1.66 bits per heavy atom. The molecule has 35 heavy (non-hydrogen) atoms. The Labute approximate surface area is 204 Å². The largest absolute Gasteiger partial charge is 0.497 e. The molecule has 0 bridgehead atoms. The van der Waals surface area contributed by atoms with Crippen molar-refractivity contribution in [3.63, 3.8) is 0 Å². The van der Waals surface area contributed by atoms with Gasteiger partial charge in [-0.15, -0.1) is 0 Å². The molecule has 7 heteroatoms. The van der Waals surface area contributed by atoms with Crippen molar-refractivity contribution in [2.24, 2.45) is 0 Å². The van der Waals surface area contributed by atoms with Crippen LogP contribution < -0.4 is 19.5 Å². The minimum atomic E-state index is -0.256. The molecule has 0 fully saturated rings. The summed E-state index contributed by atoms with van der Waals surface area (Å²) in [4.78, 5) is 19.0. The molecule has 0 saturated heterocycles. The zero-order valence-corrected chi connectivity index (χ0v) is 20.1. The number of hydrogen-bond donors (Lipinski definition) is 2. The first kappa shape index (κ1) is 22.7. The maximum Gasteiger partial charge on any atom is 0.318 e. The van der Waals surface area contributed by atoms with Gasteiger partial charge in [0.1, 0.15) is 17.2 Å². The fraction of sp³-hybridized carbons (Fsp3) is 0.250. The number of nitrogens with one attached hydrogen (secondary N) is 2. The summed E-state index contributed by atoms with van der Waals surface area (Å²) < 4.78 is 16.1. The highest BCUT2D eigenvalue weighted by Crippen LogP contribution is 2.39. The second-order valence-electron chi connectivity index (χ2n) is 8.56. The Morgan fingerprint density at radius 1 is 0.943 bits per heavy atom. The normalized spacial score (nSPS) is 14.9. The molecular formula is C28H29N3O4. The van der Waals surface area contributed by atoms with Gasteiger partial charge in [0.25, 0.3) is 0 Å². The Hall–Kier alpha value is -4.13. The summed E-state index contributed by atoms with van der Waals surface area (Å²) in [6.07, 6.45) is 0.752. The Bertz CT molecular complexity index is 1350. The highest BCUT2D eigenvalue weighted by molar-refractivity contribution is 5.87. The van der Waals surface area contributed by atoms with E-state index in [-0.39, 0.29) is 12.1 Å². The van der Waals surface area contributed by atoms with Crippen molar-refractivity contribution in [3.8, 4) is 17.2 Å². The van der Waals surface area contributed by atoms with Crippen LogP contribution in [0.2, 0.25) is 0 Å². The van der Waals surface area contributed by atoms with Crippen LogP contribution in [-0.2, 0) is 13.0 Å². The van der Waals surface area contributed by atoms with Crippen LogP contribution in [0.3, 0.4) is 0 Å². The highest BCUT2D eigenvalue weighted by Gasteiger charge is 2.34. The van der Waals surface area contributed by atoms with Crippen molar-refractivity contribution < 1.29 is 19.0 Å². The number of aromatic amines is 1. The number of nitrogens with zero attached hydrogens (tertiary/aromatic N) is 1. The van der Waals surface area contributed by atoms with Crippen molar-refractivity contribution in [1.29, 1.82) is 0 Å². The van der Waals surface area contributed by atoms with Gasteiger partial charge in [-0.25, -0.2) is 4.79 Å². The third kappa shape index (κ3) is 4.37. The van der Waals surface area contributed by atoms with E-state index in [1.165, 1.54) is 5.56 Å². The van der Waals surface area contributed by atoms with Crippen molar-refractivity contribution in [2.45, 2.75) is 19.0 Å². The van der Waals surface area contributed by atoms with Gasteiger partial charge in [0, 0.05) is 29.7 Å². The third-order valence-electron chi connectivity index (χ3n) is 6.60. The van der Waals surface area contributed by atoms with E-state index in [4.69, 9.17) is 14.2 Å². The summed E-state index contributed by atoms with van der Waals surface area (Å²) >= 11 is 0. The molecule has 2 heterocycles. The minimum Gasteiger partial charge on any atom is -0.497 e. The van der Waals surface area contributed by atoms with Gasteiger partial charge in [-0.1, -0.05) is 24.3 Å². The summed E-state index contributed by atoms with van der Waals surface area (Å²) in [5, 5.41) is 4.23. The first-order valence-corrected chi connectivity index (χ1v) is 11.6. The van der Waals surface area contributed by atoms with Crippen LogP contribution in [0.5, 0.6) is 17.2 Å². The Balaban J connectivity index is 1.49. The molecule has 3 aromatic carbocycles. The Morgan fingerprint density at radius 3 is 2.40 bits per heavy atom. The van der Waals surface area contributed by atoms with Crippen molar-refractivity contribution in [2.75, 3.05) is 27.9 Å². The zero-order valence-electron chi connectivity index (χ0n) is 20.1. The fourth-order valence-corrected chi connectivity index (χ4v) is 4.81. The van der Waals surface area contributed by atoms with Crippen molar-refractivity contribution in [3.05, 3.63) is 89.1 Å². The molecule has 0 saturated carbocycles. The molecule has 1 atom stereocenters. The SMILES string of the molecule is COc1ccc(C2c3[nH]c4ccc(OC)cc4c3CCN2C(=O)NCc2cccc(OC)c2)cc1. The smallest absolute Gasteiger partial charge is 0.318 e. The maximum atomic E-state index is 13.5. The van der Waals surface area contributed by atoms with Gasteiger partial charge in [0.15, 0.2) is 0 Å². The van der Waals surface area contributed by atoms with E-state index in [1.54, 1.807) is 21.3 Å². The molecule has 1 aliphatic heterocycles. The summed E-state index contributed by atoms with van der Waals surface area (Å²) in [6.45, 7) is 1.01. The number of rotatable bonds is 6. The number of urea groups is 1. The minimum absolute atomic E-state index is 0.115. The Kier molecular flexibility index (Phi) is 6.23. The quantitative estimate of drug-likeness (QED) is 0.413. The number of ether oxygens (including phenoxy) is 3. The average molecular weight is 472 g/mol. The van der Waals surface area contributed by atoms with E-state index in [9.17, 15) is 4.79 Å². The van der Waals surface area contributed by atoms with Crippen LogP contribution in [0.15, 0.2) is 66.7 Å². The highest BCUT2D eigenvalue weighted by atomic mass is 16.5. The lowest BCUT2D eigenvalue weighted by atomic mass is 9.92. The lowest BCUT2D eigenvalue weighted by Crippen LogP contribution is -2.45. The van der Waals surface area contributed by atoms with Crippen molar-refractivity contribution >= 4 is 16.9 Å². The number of methoxy groups -OCH3 is 3. The molecule has 0 radical (unpaired) electrons. The van der Waals surface area contributed by atoms with Crippen LogP contribution in [0.4, 0.5) is 4.79 Å². The van der Waals surface area contributed by atoms with E-state index >= 15 is 0 Å². The molecule has 5 rings (SSSR count). The monoisotopic (exact) mass is 471 g/mol. The molecule has 4 aromatic rings. The van der Waals surface area contributed by atoms with E-state index in [1.807, 2.05) is 65.6 Å². The number of carbonyl (C=O) groups is 1. The number of aromatic nitrogens is 1. The molecule has 1 aliphatic rings. The van der Waals surface area contributed by atoms with Crippen LogP contribution in [-0.4, -0.2) is 43.8 Å². The molecule has 2 amide bonds. The van der Waals surface area contributed by atoms with Gasteiger partial charge in [-0.05, 0) is 65.6 Å². The van der Waals surface area contributed by atoms with E-state index in [0.29, 0.717) is 13.1 Å². The molecule has 1 aromatic heterocycles. The van der Waals surface area contributed by atoms with E-state index in [2.05, 4.69) is 16.4 Å². The second kappa shape index (κ2) is 9.62. The summed E-state index contributed by atoms with van der Waals surface area (Å²) in [5.74, 6) is 2.36. The molecule has 7 nitrogen and oxygen atoms in total. The second-order valence-corrected chi connectivity index (χ2v) is 8.56. The zero-order chi connectivity index (χ0) is 24.4. The molecule has 0 spiro atoms. The number of hydrogen-bond acceptors (Lipinski definition) is 4. The first-order chi connectivity index (χ1) is 17.1. The standard InChI is InChI=1S/C28H29N3O4/c1-33-20-9-7-19(8-10-20)27-26-23(24-16-22(35-3)11-12-25(24)30-26)13-14-31(27)28(32)29-17-18-5-4-6-21(15-18)34-2/h4-12,15-16,27,30H,13-14,17H2,1-3H3,(H,29,32). The summed E-state index contributed by atoms with van der Waals surface area (Å²) in [6, 6.07) is 21.3. The summed E-state index contributed by atoms with van der Waals surface area (Å²) in [7, 11) is 4.96. The van der Waals surface area contributed by atoms with E-state index < -0.39 is 0 Å². The topological polar surface area (TPSA) is 75.8 Å². The van der Waals surface area contributed by atoms with Gasteiger partial charge in [0.05, 0.1) is 27.4 Å². The van der Waals surface area contributed by atoms with Crippen LogP contribution in [0, 0.1) is 0 Å². The predicted molar refractivity (Wildman–Crippen MR) is 135 cm³/mol.